The summed E-state index contributed by atoms with van der Waals surface area (Å²) in [6, 6.07) is 17.3. The second kappa shape index (κ2) is 11.6. The van der Waals surface area contributed by atoms with Gasteiger partial charge in [-0.3, -0.25) is 4.79 Å². The highest BCUT2D eigenvalue weighted by Crippen LogP contribution is 2.43. The number of amides is 1. The van der Waals surface area contributed by atoms with Gasteiger partial charge in [0.15, 0.2) is 11.5 Å². The van der Waals surface area contributed by atoms with Crippen molar-refractivity contribution in [1.29, 1.82) is 0 Å². The van der Waals surface area contributed by atoms with Crippen LogP contribution >= 0.6 is 0 Å². The maximum Gasteiger partial charge on any atom is 0.343 e. The lowest BCUT2D eigenvalue weighted by Gasteiger charge is -2.21. The maximum atomic E-state index is 13.2. The highest BCUT2D eigenvalue weighted by atomic mass is 16.5. The molecule has 0 bridgehead atoms. The third-order valence-corrected chi connectivity index (χ3v) is 6.30. The number of nitrogens with one attached hydrogen (secondary N) is 1. The second-order valence-corrected chi connectivity index (χ2v) is 8.49. The predicted octanol–water partition coefficient (Wildman–Crippen LogP) is 4.37. The van der Waals surface area contributed by atoms with Crippen molar-refractivity contribution in [3.05, 3.63) is 87.8 Å². The highest BCUT2D eigenvalue weighted by molar-refractivity contribution is 5.85. The fourth-order valence-corrected chi connectivity index (χ4v) is 4.35. The quantitative estimate of drug-likeness (QED) is 0.297. The summed E-state index contributed by atoms with van der Waals surface area (Å²) in [5.74, 6) is 0.271. The molecule has 0 saturated carbocycles. The van der Waals surface area contributed by atoms with E-state index in [1.165, 1.54) is 21.3 Å². The van der Waals surface area contributed by atoms with E-state index in [0.29, 0.717) is 33.9 Å². The lowest BCUT2D eigenvalue weighted by Crippen LogP contribution is -2.26. The molecule has 1 atom stereocenters. The van der Waals surface area contributed by atoms with Crippen molar-refractivity contribution in [3.8, 4) is 28.7 Å². The topological polar surface area (TPSA) is 116 Å². The van der Waals surface area contributed by atoms with Gasteiger partial charge in [0.2, 0.25) is 11.7 Å². The Morgan fingerprint density at radius 3 is 2.18 bits per heavy atom. The van der Waals surface area contributed by atoms with E-state index in [-0.39, 0.29) is 35.8 Å². The van der Waals surface area contributed by atoms with Crippen LogP contribution in [0, 0.1) is 0 Å². The van der Waals surface area contributed by atoms with Gasteiger partial charge < -0.3 is 33.8 Å². The first kappa shape index (κ1) is 26.4. The number of rotatable bonds is 10. The van der Waals surface area contributed by atoms with Crippen LogP contribution < -0.4 is 29.9 Å². The molecule has 0 spiro atoms. The summed E-state index contributed by atoms with van der Waals surface area (Å²) in [5.41, 5.74) is 0.820. The van der Waals surface area contributed by atoms with E-state index in [1.54, 1.807) is 55.6 Å². The summed E-state index contributed by atoms with van der Waals surface area (Å²) < 4.78 is 27.1. The predicted molar refractivity (Wildman–Crippen MR) is 142 cm³/mol. The van der Waals surface area contributed by atoms with Crippen LogP contribution in [0.4, 0.5) is 0 Å². The molecule has 3 aromatic carbocycles. The molecule has 0 fully saturated rings. The van der Waals surface area contributed by atoms with E-state index in [2.05, 4.69) is 5.32 Å². The Kier molecular flexibility index (Phi) is 8.06. The van der Waals surface area contributed by atoms with Crippen molar-refractivity contribution < 1.29 is 33.3 Å². The van der Waals surface area contributed by atoms with Crippen LogP contribution in [0.3, 0.4) is 0 Å². The van der Waals surface area contributed by atoms with Crippen molar-refractivity contribution in [1.82, 2.24) is 5.32 Å². The molecule has 0 aliphatic heterocycles. The molecule has 38 heavy (non-hydrogen) atoms. The molecule has 4 aromatic rings. The fraction of sp³-hybridized carbons (Fsp3) is 0.241. The molecule has 1 amide bonds. The molecule has 9 nitrogen and oxygen atoms in total. The van der Waals surface area contributed by atoms with E-state index in [1.807, 2.05) is 12.1 Å². The summed E-state index contributed by atoms with van der Waals surface area (Å²) in [6.07, 6.45) is -0.161. The fourth-order valence-electron chi connectivity index (χ4n) is 4.35. The first-order valence-electron chi connectivity index (χ1n) is 11.8. The molecule has 1 aromatic heterocycles. The summed E-state index contributed by atoms with van der Waals surface area (Å²) >= 11 is 0. The normalized spacial score (nSPS) is 11.6. The SMILES string of the molecule is COc1ccc(CNC(=O)C[C@H](c2cc(OC)c(OC)c(OC)c2)c2c(O)c3ccccc3oc2=O)cc1. The zero-order valence-corrected chi connectivity index (χ0v) is 21.6. The largest absolute Gasteiger partial charge is 0.507 e. The van der Waals surface area contributed by atoms with Crippen LogP contribution in [0.5, 0.6) is 28.7 Å². The standard InChI is InChI=1S/C29H29NO8/c1-34-19-11-9-17(10-12-19)16-30-25(31)15-21(18-13-23(35-2)28(37-4)24(14-18)36-3)26-27(32)20-7-5-6-8-22(20)38-29(26)33/h5-14,21,32H,15-16H2,1-4H3,(H,30,31)/t21-/m1/s1. The minimum absolute atomic E-state index is 0.0439. The van der Waals surface area contributed by atoms with Gasteiger partial charge in [-0.25, -0.2) is 4.79 Å². The van der Waals surface area contributed by atoms with Crippen LogP contribution in [0.15, 0.2) is 69.9 Å². The monoisotopic (exact) mass is 519 g/mol. The molecule has 1 heterocycles. The number of hydrogen-bond donors (Lipinski definition) is 2. The molecule has 0 unspecified atom stereocenters. The minimum atomic E-state index is -0.888. The molecule has 198 valence electrons. The number of fused-ring (bicyclic) bond motifs is 1. The third kappa shape index (κ3) is 5.36. The Morgan fingerprint density at radius 1 is 0.921 bits per heavy atom. The number of aromatic hydroxyl groups is 1. The van der Waals surface area contributed by atoms with Crippen LogP contribution in [0.1, 0.15) is 29.0 Å². The average molecular weight is 520 g/mol. The number of hydrogen-bond acceptors (Lipinski definition) is 8. The summed E-state index contributed by atoms with van der Waals surface area (Å²) in [6.45, 7) is 0.267. The lowest BCUT2D eigenvalue weighted by atomic mass is 9.87. The van der Waals surface area contributed by atoms with Crippen LogP contribution in [-0.2, 0) is 11.3 Å². The molecular weight excluding hydrogens is 490 g/mol. The number of benzene rings is 3. The molecule has 0 saturated heterocycles. The number of ether oxygens (including phenoxy) is 4. The first-order valence-corrected chi connectivity index (χ1v) is 11.8. The van der Waals surface area contributed by atoms with Gasteiger partial charge in [-0.15, -0.1) is 0 Å². The Labute approximate surface area is 219 Å². The maximum absolute atomic E-state index is 13.2. The molecular formula is C29H29NO8. The Morgan fingerprint density at radius 2 is 1.58 bits per heavy atom. The van der Waals surface area contributed by atoms with Crippen LogP contribution in [0.2, 0.25) is 0 Å². The van der Waals surface area contributed by atoms with E-state index >= 15 is 0 Å². The highest BCUT2D eigenvalue weighted by Gasteiger charge is 2.29. The van der Waals surface area contributed by atoms with Gasteiger partial charge in [0, 0.05) is 18.9 Å². The summed E-state index contributed by atoms with van der Waals surface area (Å²) in [7, 11) is 6.01. The van der Waals surface area contributed by atoms with Gasteiger partial charge in [0.25, 0.3) is 0 Å². The van der Waals surface area contributed by atoms with E-state index in [0.717, 1.165) is 5.56 Å². The second-order valence-electron chi connectivity index (χ2n) is 8.49. The van der Waals surface area contributed by atoms with Gasteiger partial charge in [0.05, 0.1) is 39.4 Å². The van der Waals surface area contributed by atoms with Crippen molar-refractivity contribution >= 4 is 16.9 Å². The molecule has 4 rings (SSSR count). The number of methoxy groups -OCH3 is 4. The smallest absolute Gasteiger partial charge is 0.343 e. The molecule has 0 aliphatic rings. The van der Waals surface area contributed by atoms with Crippen molar-refractivity contribution in [2.75, 3.05) is 28.4 Å². The van der Waals surface area contributed by atoms with E-state index in [9.17, 15) is 14.7 Å². The molecule has 2 N–H and O–H groups in total. The van der Waals surface area contributed by atoms with E-state index in [4.69, 9.17) is 23.4 Å². The van der Waals surface area contributed by atoms with Gasteiger partial charge in [0.1, 0.15) is 17.1 Å². The first-order chi connectivity index (χ1) is 18.4. The molecule has 0 aliphatic carbocycles. The molecule has 9 heteroatoms. The molecule has 0 radical (unpaired) electrons. The third-order valence-electron chi connectivity index (χ3n) is 6.30. The summed E-state index contributed by atoms with van der Waals surface area (Å²) in [4.78, 5) is 26.3. The van der Waals surface area contributed by atoms with Crippen molar-refractivity contribution in [2.24, 2.45) is 0 Å². The minimum Gasteiger partial charge on any atom is -0.507 e. The van der Waals surface area contributed by atoms with Gasteiger partial charge in [-0.1, -0.05) is 24.3 Å². The number of carbonyl (C=O) groups is 1. The van der Waals surface area contributed by atoms with Gasteiger partial charge >= 0.3 is 5.63 Å². The zero-order chi connectivity index (χ0) is 27.2. The Bertz CT molecular complexity index is 1470. The van der Waals surface area contributed by atoms with E-state index < -0.39 is 11.5 Å². The lowest BCUT2D eigenvalue weighted by molar-refractivity contribution is -0.121. The van der Waals surface area contributed by atoms with Crippen molar-refractivity contribution in [2.45, 2.75) is 18.9 Å². The zero-order valence-electron chi connectivity index (χ0n) is 21.6. The number of carbonyl (C=O) groups excluding carboxylic acids is 1. The number of para-hydroxylation sites is 1. The van der Waals surface area contributed by atoms with Crippen LogP contribution in [-0.4, -0.2) is 39.5 Å². The average Bonchev–Trinajstić information content (AvgIpc) is 2.94. The summed E-state index contributed by atoms with van der Waals surface area (Å²) in [5, 5.41) is 14.4. The van der Waals surface area contributed by atoms with Crippen LogP contribution in [0.25, 0.3) is 11.0 Å². The Hall–Kier alpha value is -4.66. The van der Waals surface area contributed by atoms with Crippen molar-refractivity contribution in [3.63, 3.8) is 0 Å². The Balaban J connectivity index is 1.76. The van der Waals surface area contributed by atoms with Gasteiger partial charge in [-0.05, 0) is 47.5 Å². The van der Waals surface area contributed by atoms with Gasteiger partial charge in [-0.2, -0.15) is 0 Å².